The van der Waals surface area contributed by atoms with Gasteiger partial charge in [-0.15, -0.1) is 0 Å². The number of halogens is 4. The van der Waals surface area contributed by atoms with Gasteiger partial charge in [0.1, 0.15) is 4.90 Å². The molecule has 0 heterocycles. The molecule has 0 unspecified atom stereocenters. The van der Waals surface area contributed by atoms with Crippen LogP contribution in [0.1, 0.15) is 18.4 Å². The smallest absolute Gasteiger partial charge is 0.326 e. The van der Waals surface area contributed by atoms with Gasteiger partial charge in [0.15, 0.2) is 0 Å². The van der Waals surface area contributed by atoms with Crippen LogP contribution in [0, 0.1) is 0 Å². The van der Waals surface area contributed by atoms with Crippen molar-refractivity contribution in [3.05, 3.63) is 28.8 Å². The number of nitrogens with two attached hydrogens (primary N) is 1. The summed E-state index contributed by atoms with van der Waals surface area (Å²) in [5.41, 5.74) is 5.96. The molecule has 0 aliphatic heterocycles. The normalized spacial score (nSPS) is 12.7. The maximum Gasteiger partial charge on any atom is 0.389 e. The van der Waals surface area contributed by atoms with E-state index in [0.29, 0.717) is 5.56 Å². The Morgan fingerprint density at radius 1 is 1.30 bits per heavy atom. The van der Waals surface area contributed by atoms with Crippen molar-refractivity contribution in [2.75, 3.05) is 6.54 Å². The second kappa shape index (κ2) is 6.75. The monoisotopic (exact) mass is 330 g/mol. The van der Waals surface area contributed by atoms with Crippen LogP contribution >= 0.6 is 11.6 Å². The van der Waals surface area contributed by atoms with Crippen LogP contribution in [0.3, 0.4) is 0 Å². The summed E-state index contributed by atoms with van der Waals surface area (Å²) in [4.78, 5) is -0.186. The van der Waals surface area contributed by atoms with Crippen LogP contribution in [0.25, 0.3) is 0 Å². The summed E-state index contributed by atoms with van der Waals surface area (Å²) in [6.45, 7) is -0.182. The summed E-state index contributed by atoms with van der Waals surface area (Å²) in [5, 5.41) is -0.00878. The molecule has 0 atom stereocenters. The molecule has 20 heavy (non-hydrogen) atoms. The van der Waals surface area contributed by atoms with E-state index in [1.54, 1.807) is 6.07 Å². The van der Waals surface area contributed by atoms with Crippen molar-refractivity contribution >= 4 is 21.6 Å². The molecule has 0 aromatic heterocycles. The molecule has 4 nitrogen and oxygen atoms in total. The average molecular weight is 331 g/mol. The van der Waals surface area contributed by atoms with E-state index >= 15 is 0 Å². The predicted octanol–water partition coefficient (Wildman–Crippen LogP) is 2.42. The number of rotatable bonds is 6. The minimum atomic E-state index is -4.30. The van der Waals surface area contributed by atoms with Gasteiger partial charge < -0.3 is 5.73 Å². The highest BCUT2D eigenvalue weighted by Gasteiger charge is 2.26. The zero-order valence-corrected chi connectivity index (χ0v) is 11.9. The highest BCUT2D eigenvalue weighted by Crippen LogP contribution is 2.23. The third-order valence-electron chi connectivity index (χ3n) is 2.45. The molecule has 1 aromatic carbocycles. The Balaban J connectivity index is 2.74. The molecule has 0 amide bonds. The van der Waals surface area contributed by atoms with Crippen LogP contribution in [0.4, 0.5) is 13.2 Å². The first-order chi connectivity index (χ1) is 9.15. The Kier molecular flexibility index (Phi) is 5.81. The summed E-state index contributed by atoms with van der Waals surface area (Å²) in [7, 11) is -3.95. The second-order valence-electron chi connectivity index (χ2n) is 4.09. The van der Waals surface area contributed by atoms with Crippen molar-refractivity contribution in [3.63, 3.8) is 0 Å². The first-order valence-corrected chi connectivity index (χ1v) is 7.57. The second-order valence-corrected chi connectivity index (χ2v) is 6.23. The summed E-state index contributed by atoms with van der Waals surface area (Å²) < 4.78 is 61.8. The Hall–Kier alpha value is -0.830. The van der Waals surface area contributed by atoms with Crippen LogP contribution in [-0.4, -0.2) is 21.1 Å². The van der Waals surface area contributed by atoms with Crippen molar-refractivity contribution < 1.29 is 21.6 Å². The SMILES string of the molecule is NCc1ccc(Cl)c(S(=O)(=O)NCCCC(F)(F)F)c1. The molecule has 3 N–H and O–H groups in total. The van der Waals surface area contributed by atoms with Crippen molar-refractivity contribution in [3.8, 4) is 0 Å². The van der Waals surface area contributed by atoms with Crippen LogP contribution in [0.5, 0.6) is 0 Å². The van der Waals surface area contributed by atoms with Gasteiger partial charge in [-0.05, 0) is 24.1 Å². The van der Waals surface area contributed by atoms with Crippen molar-refractivity contribution in [2.45, 2.75) is 30.5 Å². The maximum absolute atomic E-state index is 11.9. The molecular weight excluding hydrogens is 317 g/mol. The number of sulfonamides is 1. The topological polar surface area (TPSA) is 72.2 Å². The van der Waals surface area contributed by atoms with Crippen molar-refractivity contribution in [1.82, 2.24) is 4.72 Å². The van der Waals surface area contributed by atoms with E-state index in [4.69, 9.17) is 17.3 Å². The first kappa shape index (κ1) is 17.2. The molecule has 0 radical (unpaired) electrons. The third-order valence-corrected chi connectivity index (χ3v) is 4.39. The Morgan fingerprint density at radius 3 is 2.50 bits per heavy atom. The van der Waals surface area contributed by atoms with Gasteiger partial charge in [-0.1, -0.05) is 17.7 Å². The summed E-state index contributed by atoms with van der Waals surface area (Å²) in [6, 6.07) is 4.26. The lowest BCUT2D eigenvalue weighted by Crippen LogP contribution is -2.26. The largest absolute Gasteiger partial charge is 0.389 e. The predicted molar refractivity (Wildman–Crippen MR) is 69.8 cm³/mol. The lowest BCUT2D eigenvalue weighted by Gasteiger charge is -2.10. The van der Waals surface area contributed by atoms with Gasteiger partial charge >= 0.3 is 6.18 Å². The first-order valence-electron chi connectivity index (χ1n) is 5.70. The number of hydrogen-bond acceptors (Lipinski definition) is 3. The Bertz CT molecular complexity index is 561. The highest BCUT2D eigenvalue weighted by atomic mass is 35.5. The zero-order chi connectivity index (χ0) is 15.4. The molecule has 0 aliphatic rings. The van der Waals surface area contributed by atoms with Gasteiger partial charge in [-0.2, -0.15) is 13.2 Å². The summed E-state index contributed by atoms with van der Waals surface area (Å²) in [5.74, 6) is 0. The van der Waals surface area contributed by atoms with Crippen LogP contribution in [0.15, 0.2) is 23.1 Å². The molecule has 9 heteroatoms. The molecule has 1 aromatic rings. The highest BCUT2D eigenvalue weighted by molar-refractivity contribution is 7.89. The van der Waals surface area contributed by atoms with Gasteiger partial charge in [0.25, 0.3) is 0 Å². The van der Waals surface area contributed by atoms with E-state index < -0.39 is 22.6 Å². The fraction of sp³-hybridized carbons (Fsp3) is 0.455. The number of benzene rings is 1. The fourth-order valence-electron chi connectivity index (χ4n) is 1.45. The van der Waals surface area contributed by atoms with Gasteiger partial charge in [-0.3, -0.25) is 0 Å². The van der Waals surface area contributed by atoms with Gasteiger partial charge in [-0.25, -0.2) is 13.1 Å². The molecule has 1 rings (SSSR count). The molecule has 0 spiro atoms. The number of alkyl halides is 3. The van der Waals surface area contributed by atoms with Gasteiger partial charge in [0.2, 0.25) is 10.0 Å². The van der Waals surface area contributed by atoms with Crippen LogP contribution < -0.4 is 10.5 Å². The standard InChI is InChI=1S/C11H14ClF3N2O2S/c12-9-3-2-8(7-16)6-10(9)20(18,19)17-5-1-4-11(13,14)15/h2-3,6,17H,1,4-5,7,16H2. The van der Waals surface area contributed by atoms with E-state index in [1.165, 1.54) is 12.1 Å². The quantitative estimate of drug-likeness (QED) is 0.787. The third kappa shape index (κ3) is 5.28. The van der Waals surface area contributed by atoms with Gasteiger partial charge in [0, 0.05) is 19.5 Å². The minimum Gasteiger partial charge on any atom is -0.326 e. The van der Waals surface area contributed by atoms with Gasteiger partial charge in [0.05, 0.1) is 5.02 Å². The Labute approximate surface area is 120 Å². The molecule has 0 saturated carbocycles. The van der Waals surface area contributed by atoms with E-state index in [1.807, 2.05) is 0 Å². The van der Waals surface area contributed by atoms with E-state index in [-0.39, 0.29) is 29.4 Å². The molecule has 0 fully saturated rings. The Morgan fingerprint density at radius 2 is 1.95 bits per heavy atom. The lowest BCUT2D eigenvalue weighted by atomic mass is 10.2. The summed E-state index contributed by atoms with van der Waals surface area (Å²) in [6.07, 6.45) is -5.69. The van der Waals surface area contributed by atoms with Crippen LogP contribution in [-0.2, 0) is 16.6 Å². The summed E-state index contributed by atoms with van der Waals surface area (Å²) >= 11 is 5.78. The number of nitrogens with one attached hydrogen (secondary N) is 1. The average Bonchev–Trinajstić information content (AvgIpc) is 2.34. The molecular formula is C11H14ClF3N2O2S. The molecule has 0 aliphatic carbocycles. The fourth-order valence-corrected chi connectivity index (χ4v) is 3.08. The minimum absolute atomic E-state index is 0.00878. The van der Waals surface area contributed by atoms with E-state index in [2.05, 4.69) is 4.72 Å². The molecule has 0 saturated heterocycles. The number of hydrogen-bond donors (Lipinski definition) is 2. The van der Waals surface area contributed by atoms with Crippen LogP contribution in [0.2, 0.25) is 5.02 Å². The maximum atomic E-state index is 11.9. The van der Waals surface area contributed by atoms with E-state index in [9.17, 15) is 21.6 Å². The van der Waals surface area contributed by atoms with Crippen molar-refractivity contribution in [2.24, 2.45) is 5.73 Å². The van der Waals surface area contributed by atoms with E-state index in [0.717, 1.165) is 0 Å². The zero-order valence-electron chi connectivity index (χ0n) is 10.4. The molecule has 0 bridgehead atoms. The lowest BCUT2D eigenvalue weighted by molar-refractivity contribution is -0.135. The van der Waals surface area contributed by atoms with Crippen molar-refractivity contribution in [1.29, 1.82) is 0 Å². The molecule has 114 valence electrons.